The number of rotatable bonds is 10. The molecule has 0 fully saturated rings. The van der Waals surface area contributed by atoms with E-state index in [4.69, 9.17) is 14.2 Å². The normalized spacial score (nSPS) is 10.7. The van der Waals surface area contributed by atoms with Crippen molar-refractivity contribution in [1.29, 1.82) is 0 Å². The number of hydrogen-bond donors (Lipinski definition) is 0. The summed E-state index contributed by atoms with van der Waals surface area (Å²) in [4.78, 5) is 10.4. The van der Waals surface area contributed by atoms with Crippen molar-refractivity contribution < 1.29 is 19.1 Å². The standard InChI is InChI=1S/C13H18BrNO5/c1-18-7-8-19-5-2-6-20-10-11-3-4-12(14)13(9-11)15(16)17/h3-4,9H,2,5-8,10H2,1H3. The molecule has 7 heteroatoms. The van der Waals surface area contributed by atoms with Gasteiger partial charge in [-0.25, -0.2) is 0 Å². The van der Waals surface area contributed by atoms with Crippen LogP contribution in [-0.4, -0.2) is 38.5 Å². The van der Waals surface area contributed by atoms with Gasteiger partial charge >= 0.3 is 0 Å². The van der Waals surface area contributed by atoms with E-state index in [2.05, 4.69) is 15.9 Å². The lowest BCUT2D eigenvalue weighted by Gasteiger charge is -2.06. The maximum atomic E-state index is 10.8. The minimum Gasteiger partial charge on any atom is -0.382 e. The monoisotopic (exact) mass is 347 g/mol. The minimum atomic E-state index is -0.419. The van der Waals surface area contributed by atoms with Gasteiger partial charge in [-0.05, 0) is 34.0 Å². The van der Waals surface area contributed by atoms with Gasteiger partial charge in [-0.2, -0.15) is 0 Å². The highest BCUT2D eigenvalue weighted by Crippen LogP contribution is 2.25. The summed E-state index contributed by atoms with van der Waals surface area (Å²) in [6.45, 7) is 2.69. The SMILES string of the molecule is COCCOCCCOCc1ccc(Br)c([N+](=O)[O-])c1. The van der Waals surface area contributed by atoms with Crippen LogP contribution in [0.3, 0.4) is 0 Å². The molecule has 1 aromatic carbocycles. The topological polar surface area (TPSA) is 70.8 Å². The molecule has 0 aliphatic rings. The fraction of sp³-hybridized carbons (Fsp3) is 0.538. The molecule has 0 aliphatic carbocycles. The van der Waals surface area contributed by atoms with Crippen molar-refractivity contribution in [3.8, 4) is 0 Å². The van der Waals surface area contributed by atoms with Gasteiger partial charge in [0.05, 0.1) is 29.2 Å². The van der Waals surface area contributed by atoms with Gasteiger partial charge in [0, 0.05) is 26.4 Å². The Bertz CT molecular complexity index is 427. The summed E-state index contributed by atoms with van der Waals surface area (Å²) >= 11 is 3.14. The molecule has 20 heavy (non-hydrogen) atoms. The maximum Gasteiger partial charge on any atom is 0.283 e. The molecule has 0 saturated heterocycles. The Labute approximate surface area is 126 Å². The van der Waals surface area contributed by atoms with Gasteiger partial charge in [0.25, 0.3) is 5.69 Å². The zero-order valence-corrected chi connectivity index (χ0v) is 12.9. The first-order valence-electron chi connectivity index (χ1n) is 6.22. The Morgan fingerprint density at radius 1 is 1.20 bits per heavy atom. The molecule has 0 N–H and O–H groups in total. The predicted molar refractivity (Wildman–Crippen MR) is 77.8 cm³/mol. The van der Waals surface area contributed by atoms with E-state index in [-0.39, 0.29) is 5.69 Å². The summed E-state index contributed by atoms with van der Waals surface area (Å²) in [5, 5.41) is 10.8. The summed E-state index contributed by atoms with van der Waals surface area (Å²) in [5.74, 6) is 0. The van der Waals surface area contributed by atoms with Crippen LogP contribution in [0.5, 0.6) is 0 Å². The van der Waals surface area contributed by atoms with Crippen LogP contribution in [0.15, 0.2) is 22.7 Å². The molecular weight excluding hydrogens is 330 g/mol. The third-order valence-electron chi connectivity index (χ3n) is 2.49. The Morgan fingerprint density at radius 2 is 1.95 bits per heavy atom. The Morgan fingerprint density at radius 3 is 2.65 bits per heavy atom. The van der Waals surface area contributed by atoms with E-state index in [1.54, 1.807) is 19.2 Å². The first-order chi connectivity index (χ1) is 9.65. The van der Waals surface area contributed by atoms with Crippen LogP contribution >= 0.6 is 15.9 Å². The third-order valence-corrected chi connectivity index (χ3v) is 3.16. The zero-order chi connectivity index (χ0) is 14.8. The average molecular weight is 348 g/mol. The summed E-state index contributed by atoms with van der Waals surface area (Å²) in [5.41, 5.74) is 0.828. The number of halogens is 1. The van der Waals surface area contributed by atoms with Crippen LogP contribution in [0, 0.1) is 10.1 Å². The summed E-state index contributed by atoms with van der Waals surface area (Å²) in [7, 11) is 1.63. The van der Waals surface area contributed by atoms with Crippen LogP contribution in [0.1, 0.15) is 12.0 Å². The highest BCUT2D eigenvalue weighted by atomic mass is 79.9. The van der Waals surface area contributed by atoms with Crippen molar-refractivity contribution in [2.24, 2.45) is 0 Å². The summed E-state index contributed by atoms with van der Waals surface area (Å²) < 4.78 is 16.1. The molecule has 0 unspecified atom stereocenters. The van der Waals surface area contributed by atoms with Crippen molar-refractivity contribution in [3.63, 3.8) is 0 Å². The van der Waals surface area contributed by atoms with E-state index in [0.29, 0.717) is 37.5 Å². The van der Waals surface area contributed by atoms with Crippen molar-refractivity contribution in [2.75, 3.05) is 33.5 Å². The molecule has 1 rings (SSSR count). The first-order valence-corrected chi connectivity index (χ1v) is 7.01. The number of nitro benzene ring substituents is 1. The van der Waals surface area contributed by atoms with Crippen molar-refractivity contribution in [1.82, 2.24) is 0 Å². The van der Waals surface area contributed by atoms with Crippen LogP contribution < -0.4 is 0 Å². The van der Waals surface area contributed by atoms with E-state index in [1.165, 1.54) is 6.07 Å². The number of ether oxygens (including phenoxy) is 3. The van der Waals surface area contributed by atoms with E-state index in [0.717, 1.165) is 12.0 Å². The van der Waals surface area contributed by atoms with Gasteiger partial charge in [0.1, 0.15) is 0 Å². The van der Waals surface area contributed by atoms with Gasteiger partial charge in [0.2, 0.25) is 0 Å². The number of hydrogen-bond acceptors (Lipinski definition) is 5. The predicted octanol–water partition coefficient (Wildman–Crippen LogP) is 2.93. The van der Waals surface area contributed by atoms with Crippen molar-refractivity contribution in [2.45, 2.75) is 13.0 Å². The lowest BCUT2D eigenvalue weighted by atomic mass is 10.2. The number of nitrogens with zero attached hydrogens (tertiary/aromatic N) is 1. The van der Waals surface area contributed by atoms with Crippen molar-refractivity contribution in [3.05, 3.63) is 38.3 Å². The number of benzene rings is 1. The quantitative estimate of drug-likeness (QED) is 0.369. The van der Waals surface area contributed by atoms with Gasteiger partial charge in [0.15, 0.2) is 0 Å². The molecule has 0 bridgehead atoms. The van der Waals surface area contributed by atoms with Crippen LogP contribution in [-0.2, 0) is 20.8 Å². The van der Waals surface area contributed by atoms with Crippen LogP contribution in [0.4, 0.5) is 5.69 Å². The lowest BCUT2D eigenvalue weighted by molar-refractivity contribution is -0.385. The molecule has 0 atom stereocenters. The molecule has 0 amide bonds. The summed E-state index contributed by atoms with van der Waals surface area (Å²) in [6, 6.07) is 4.97. The molecule has 0 heterocycles. The lowest BCUT2D eigenvalue weighted by Crippen LogP contribution is -2.05. The van der Waals surface area contributed by atoms with E-state index >= 15 is 0 Å². The van der Waals surface area contributed by atoms with Gasteiger partial charge in [-0.1, -0.05) is 6.07 Å². The van der Waals surface area contributed by atoms with Crippen LogP contribution in [0.25, 0.3) is 0 Å². The third kappa shape index (κ3) is 6.42. The molecular formula is C13H18BrNO5. The Balaban J connectivity index is 2.22. The van der Waals surface area contributed by atoms with Gasteiger partial charge in [-0.15, -0.1) is 0 Å². The average Bonchev–Trinajstić information content (AvgIpc) is 2.43. The second kappa shape index (κ2) is 9.82. The second-order valence-corrected chi connectivity index (χ2v) is 4.91. The highest BCUT2D eigenvalue weighted by molar-refractivity contribution is 9.10. The maximum absolute atomic E-state index is 10.8. The molecule has 0 saturated carbocycles. The van der Waals surface area contributed by atoms with E-state index in [1.807, 2.05) is 0 Å². The smallest absolute Gasteiger partial charge is 0.283 e. The fourth-order valence-corrected chi connectivity index (χ4v) is 1.88. The zero-order valence-electron chi connectivity index (χ0n) is 11.3. The first kappa shape index (κ1) is 17.0. The molecule has 0 aliphatic heterocycles. The Kier molecular flexibility index (Phi) is 8.36. The molecule has 1 aromatic rings. The Hall–Kier alpha value is -1.02. The van der Waals surface area contributed by atoms with Gasteiger partial charge in [-0.3, -0.25) is 10.1 Å². The highest BCUT2D eigenvalue weighted by Gasteiger charge is 2.12. The van der Waals surface area contributed by atoms with E-state index in [9.17, 15) is 10.1 Å². The molecule has 6 nitrogen and oxygen atoms in total. The molecule has 112 valence electrons. The number of methoxy groups -OCH3 is 1. The molecule has 0 aromatic heterocycles. The number of nitro groups is 1. The van der Waals surface area contributed by atoms with Crippen LogP contribution in [0.2, 0.25) is 0 Å². The largest absolute Gasteiger partial charge is 0.382 e. The summed E-state index contributed by atoms with van der Waals surface area (Å²) in [6.07, 6.45) is 0.780. The van der Waals surface area contributed by atoms with E-state index < -0.39 is 4.92 Å². The molecule has 0 radical (unpaired) electrons. The minimum absolute atomic E-state index is 0.0500. The molecule has 0 spiro atoms. The van der Waals surface area contributed by atoms with Gasteiger partial charge < -0.3 is 14.2 Å². The fourth-order valence-electron chi connectivity index (χ4n) is 1.49. The van der Waals surface area contributed by atoms with Crippen molar-refractivity contribution >= 4 is 21.6 Å². The second-order valence-electron chi connectivity index (χ2n) is 4.05.